The van der Waals surface area contributed by atoms with Gasteiger partial charge in [0.05, 0.1) is 16.8 Å². The van der Waals surface area contributed by atoms with Gasteiger partial charge in [0, 0.05) is 18.7 Å². The number of anilines is 1. The molecule has 2 aromatic carbocycles. The molecule has 1 aliphatic heterocycles. The molecule has 2 heterocycles. The van der Waals surface area contributed by atoms with Gasteiger partial charge in [-0.15, -0.1) is 0 Å². The van der Waals surface area contributed by atoms with E-state index in [1.54, 1.807) is 50.2 Å². The first-order chi connectivity index (χ1) is 14.3. The summed E-state index contributed by atoms with van der Waals surface area (Å²) in [6.45, 7) is 3.35. The Bertz CT molecular complexity index is 1210. The molecule has 0 bridgehead atoms. The van der Waals surface area contributed by atoms with Crippen molar-refractivity contribution >= 4 is 28.5 Å². The van der Waals surface area contributed by atoms with Crippen molar-refractivity contribution in [3.63, 3.8) is 0 Å². The van der Waals surface area contributed by atoms with Crippen molar-refractivity contribution in [1.29, 1.82) is 0 Å². The summed E-state index contributed by atoms with van der Waals surface area (Å²) >= 11 is 0. The smallest absolute Gasteiger partial charge is 0.311 e. The number of esters is 1. The Labute approximate surface area is 171 Å². The summed E-state index contributed by atoms with van der Waals surface area (Å²) in [5, 5.41) is 0.446. The normalized spacial score (nSPS) is 17.4. The number of hydrogen-bond donors (Lipinski definition) is 1. The number of aryl methyl sites for hydroxylation is 1. The van der Waals surface area contributed by atoms with Gasteiger partial charge in [-0.25, -0.2) is 9.37 Å². The maximum atomic E-state index is 13.9. The van der Waals surface area contributed by atoms with Crippen LogP contribution in [0.15, 0.2) is 47.3 Å². The van der Waals surface area contributed by atoms with E-state index in [0.717, 1.165) is 0 Å². The third-order valence-corrected chi connectivity index (χ3v) is 5.23. The Kier molecular flexibility index (Phi) is 5.07. The molecule has 0 saturated carbocycles. The van der Waals surface area contributed by atoms with Gasteiger partial charge in [-0.1, -0.05) is 18.2 Å². The zero-order chi connectivity index (χ0) is 21.4. The second-order valence-corrected chi connectivity index (χ2v) is 7.39. The predicted octanol–water partition coefficient (Wildman–Crippen LogP) is 3.03. The van der Waals surface area contributed by atoms with Crippen LogP contribution in [-0.2, 0) is 14.3 Å². The molecule has 1 aliphatic rings. The minimum atomic E-state index is -0.796. The lowest BCUT2D eigenvalue weighted by Gasteiger charge is -2.18. The number of nitrogens with one attached hydrogen (secondary N) is 1. The lowest BCUT2D eigenvalue weighted by Crippen LogP contribution is -2.27. The van der Waals surface area contributed by atoms with Crippen molar-refractivity contribution in [2.75, 3.05) is 11.4 Å². The molecule has 0 radical (unpaired) electrons. The van der Waals surface area contributed by atoms with Crippen LogP contribution in [0.4, 0.5) is 10.1 Å². The van der Waals surface area contributed by atoms with E-state index >= 15 is 0 Å². The third-order valence-electron chi connectivity index (χ3n) is 5.23. The molecule has 0 aliphatic carbocycles. The number of H-pyrrole nitrogens is 1. The molecule has 1 saturated heterocycles. The molecule has 4 rings (SSSR count). The summed E-state index contributed by atoms with van der Waals surface area (Å²) in [7, 11) is 0. The maximum Gasteiger partial charge on any atom is 0.311 e. The highest BCUT2D eigenvalue weighted by Crippen LogP contribution is 2.28. The number of para-hydroxylation sites is 1. The van der Waals surface area contributed by atoms with Crippen molar-refractivity contribution in [2.45, 2.75) is 26.4 Å². The molecule has 1 fully saturated rings. The van der Waals surface area contributed by atoms with Crippen molar-refractivity contribution in [1.82, 2.24) is 9.97 Å². The number of aromatic amines is 1. The van der Waals surface area contributed by atoms with Crippen LogP contribution in [0.5, 0.6) is 0 Å². The van der Waals surface area contributed by atoms with Crippen LogP contribution < -0.4 is 10.5 Å². The number of nitrogens with zero attached hydrogens (tertiary/aromatic N) is 2. The number of carbonyl (C=O) groups is 2. The number of hydrogen-bond acceptors (Lipinski definition) is 5. The first-order valence-electron chi connectivity index (χ1n) is 9.59. The lowest BCUT2D eigenvalue weighted by molar-refractivity contribution is -0.153. The van der Waals surface area contributed by atoms with Crippen LogP contribution in [-0.4, -0.2) is 28.4 Å². The molecule has 8 heteroatoms. The summed E-state index contributed by atoms with van der Waals surface area (Å²) < 4.78 is 19.3. The van der Waals surface area contributed by atoms with Gasteiger partial charge in [0.1, 0.15) is 5.82 Å². The predicted molar refractivity (Wildman–Crippen MR) is 108 cm³/mol. The molecule has 30 heavy (non-hydrogen) atoms. The monoisotopic (exact) mass is 409 g/mol. The van der Waals surface area contributed by atoms with Crippen LogP contribution >= 0.6 is 0 Å². The largest absolute Gasteiger partial charge is 0.454 e. The first kappa shape index (κ1) is 19.8. The standard InChI is InChI=1S/C22H20FN3O4/c1-12-7-8-15(10-17(12)23)26-11-14(9-19(26)27)22(29)30-13(2)20-24-18-6-4-3-5-16(18)21(28)25-20/h3-8,10,13-14H,9,11H2,1-2H3,(H,24,25,28)/t13-,14-/m0/s1. The number of amides is 1. The van der Waals surface area contributed by atoms with Crippen molar-refractivity contribution in [3.05, 3.63) is 70.0 Å². The molecule has 2 atom stereocenters. The number of ether oxygens (including phenoxy) is 1. The molecule has 3 aromatic rings. The van der Waals surface area contributed by atoms with Gasteiger partial charge in [-0.3, -0.25) is 14.4 Å². The molecule has 1 N–H and O–H groups in total. The summed E-state index contributed by atoms with van der Waals surface area (Å²) in [4.78, 5) is 45.6. The average Bonchev–Trinajstić information content (AvgIpc) is 3.12. The second kappa shape index (κ2) is 7.70. The molecule has 7 nitrogen and oxygen atoms in total. The zero-order valence-electron chi connectivity index (χ0n) is 16.5. The molecule has 154 valence electrons. The van der Waals surface area contributed by atoms with Crippen molar-refractivity contribution < 1.29 is 18.7 Å². The van der Waals surface area contributed by atoms with Gasteiger partial charge in [-0.05, 0) is 43.7 Å². The van der Waals surface area contributed by atoms with Gasteiger partial charge in [0.15, 0.2) is 11.9 Å². The Morgan fingerprint density at radius 1 is 1.27 bits per heavy atom. The summed E-state index contributed by atoms with van der Waals surface area (Å²) in [5.41, 5.74) is 1.07. The Balaban J connectivity index is 1.48. The number of rotatable bonds is 4. The maximum absolute atomic E-state index is 13.9. The quantitative estimate of drug-likeness (QED) is 0.669. The highest BCUT2D eigenvalue weighted by molar-refractivity contribution is 5.99. The van der Waals surface area contributed by atoms with Gasteiger partial charge in [0.2, 0.25) is 5.91 Å². The number of carbonyl (C=O) groups excluding carboxylic acids is 2. The third kappa shape index (κ3) is 3.68. The topological polar surface area (TPSA) is 92.4 Å². The van der Waals surface area contributed by atoms with Crippen molar-refractivity contribution in [2.24, 2.45) is 5.92 Å². The van der Waals surface area contributed by atoms with E-state index in [4.69, 9.17) is 4.74 Å². The van der Waals surface area contributed by atoms with Crippen LogP contribution in [0.25, 0.3) is 10.9 Å². The zero-order valence-corrected chi connectivity index (χ0v) is 16.5. The van der Waals surface area contributed by atoms with Crippen molar-refractivity contribution in [3.8, 4) is 0 Å². The number of aromatic nitrogens is 2. The van der Waals surface area contributed by atoms with E-state index in [9.17, 15) is 18.8 Å². The van der Waals surface area contributed by atoms with Crippen LogP contribution in [0, 0.1) is 18.7 Å². The molecule has 1 amide bonds. The van der Waals surface area contributed by atoms with Crippen LogP contribution in [0.3, 0.4) is 0 Å². The SMILES string of the molecule is Cc1ccc(N2C[C@@H](C(=O)O[C@@H](C)c3nc4ccccc4c(=O)[nH]3)CC2=O)cc1F. The fourth-order valence-electron chi connectivity index (χ4n) is 3.49. The lowest BCUT2D eigenvalue weighted by atomic mass is 10.1. The second-order valence-electron chi connectivity index (χ2n) is 7.39. The molecule has 0 unspecified atom stereocenters. The van der Waals surface area contributed by atoms with Gasteiger partial charge in [-0.2, -0.15) is 0 Å². The van der Waals surface area contributed by atoms with Gasteiger partial charge < -0.3 is 14.6 Å². The Morgan fingerprint density at radius 3 is 2.80 bits per heavy atom. The van der Waals surface area contributed by atoms with E-state index < -0.39 is 23.8 Å². The van der Waals surface area contributed by atoms with Gasteiger partial charge >= 0.3 is 5.97 Å². The van der Waals surface area contributed by atoms with E-state index in [0.29, 0.717) is 22.2 Å². The molecular formula is C22H20FN3O4. The Hall–Kier alpha value is -3.55. The fourth-order valence-corrected chi connectivity index (χ4v) is 3.49. The van der Waals surface area contributed by atoms with Gasteiger partial charge in [0.25, 0.3) is 5.56 Å². The molecular weight excluding hydrogens is 389 g/mol. The highest BCUT2D eigenvalue weighted by Gasteiger charge is 2.37. The number of benzene rings is 2. The highest BCUT2D eigenvalue weighted by atomic mass is 19.1. The first-order valence-corrected chi connectivity index (χ1v) is 9.59. The molecule has 1 aromatic heterocycles. The van der Waals surface area contributed by atoms with E-state index in [1.165, 1.54) is 11.0 Å². The van der Waals surface area contributed by atoms with E-state index in [2.05, 4.69) is 9.97 Å². The molecule has 0 spiro atoms. The summed E-state index contributed by atoms with van der Waals surface area (Å²) in [5.74, 6) is -1.71. The average molecular weight is 409 g/mol. The summed E-state index contributed by atoms with van der Waals surface area (Å²) in [6.07, 6.45) is -0.821. The van der Waals surface area contributed by atoms with E-state index in [1.807, 2.05) is 0 Å². The van der Waals surface area contributed by atoms with Crippen LogP contribution in [0.2, 0.25) is 0 Å². The minimum Gasteiger partial charge on any atom is -0.454 e. The van der Waals surface area contributed by atoms with E-state index in [-0.39, 0.29) is 30.3 Å². The number of halogens is 1. The van der Waals surface area contributed by atoms with Crippen LogP contribution in [0.1, 0.15) is 30.8 Å². The number of fused-ring (bicyclic) bond motifs is 1. The summed E-state index contributed by atoms with van der Waals surface area (Å²) in [6, 6.07) is 11.4. The fraction of sp³-hybridized carbons (Fsp3) is 0.273. The Morgan fingerprint density at radius 2 is 2.03 bits per heavy atom. The minimum absolute atomic E-state index is 0.0251.